The lowest BCUT2D eigenvalue weighted by Crippen LogP contribution is -2.17. The monoisotopic (exact) mass is 373 g/mol. The highest BCUT2D eigenvalue weighted by molar-refractivity contribution is 5.77. The van der Waals surface area contributed by atoms with E-state index in [4.69, 9.17) is 8.94 Å². The summed E-state index contributed by atoms with van der Waals surface area (Å²) in [6.45, 7) is 9.08. The number of hydrogen-bond donors (Lipinski definition) is 0. The number of rotatable bonds is 5. The molecule has 0 aliphatic rings. The van der Waals surface area contributed by atoms with Crippen molar-refractivity contribution in [2.24, 2.45) is 0 Å². The molecule has 0 unspecified atom stereocenters. The molecule has 4 rings (SSSR count). The van der Waals surface area contributed by atoms with Crippen LogP contribution < -0.4 is 4.90 Å². The highest BCUT2D eigenvalue weighted by atomic mass is 16.5. The fourth-order valence-corrected chi connectivity index (χ4v) is 3.61. The minimum Gasteiger partial charge on any atom is -0.444 e. The van der Waals surface area contributed by atoms with E-state index in [1.807, 2.05) is 13.8 Å². The minimum atomic E-state index is 0.770. The molecule has 28 heavy (non-hydrogen) atoms. The van der Waals surface area contributed by atoms with Crippen molar-refractivity contribution in [3.05, 3.63) is 72.1 Å². The maximum Gasteiger partial charge on any atom is 0.181 e. The number of aromatic nitrogens is 2. The van der Waals surface area contributed by atoms with Gasteiger partial charge in [-0.3, -0.25) is 0 Å². The summed E-state index contributed by atoms with van der Waals surface area (Å²) in [5.74, 6) is 1.61. The average Bonchev–Trinajstić information content (AvgIpc) is 3.35. The third-order valence-corrected chi connectivity index (χ3v) is 5.03. The van der Waals surface area contributed by atoms with E-state index < -0.39 is 0 Å². The summed E-state index contributed by atoms with van der Waals surface area (Å²) in [4.78, 5) is 6.30. The van der Waals surface area contributed by atoms with Crippen LogP contribution in [0.15, 0.2) is 64.0 Å². The van der Waals surface area contributed by atoms with Crippen molar-refractivity contribution < 1.29 is 8.94 Å². The van der Waals surface area contributed by atoms with Crippen LogP contribution in [0.1, 0.15) is 23.9 Å². The van der Waals surface area contributed by atoms with Gasteiger partial charge in [0.2, 0.25) is 0 Å². The van der Waals surface area contributed by atoms with Crippen molar-refractivity contribution in [2.45, 2.75) is 27.7 Å². The minimum absolute atomic E-state index is 0.770. The van der Waals surface area contributed by atoms with Gasteiger partial charge in [0.05, 0.1) is 11.9 Å². The molecule has 2 aromatic heterocycles. The second-order valence-corrected chi connectivity index (χ2v) is 6.86. The van der Waals surface area contributed by atoms with Crippen molar-refractivity contribution in [2.75, 3.05) is 11.4 Å². The predicted molar refractivity (Wildman–Crippen MR) is 111 cm³/mol. The highest BCUT2D eigenvalue weighted by Gasteiger charge is 2.16. The number of benzene rings is 2. The average molecular weight is 373 g/mol. The normalized spacial score (nSPS) is 11.0. The Bertz CT molecular complexity index is 1060. The first-order valence-electron chi connectivity index (χ1n) is 9.39. The summed E-state index contributed by atoms with van der Waals surface area (Å²) in [5, 5.41) is 4.10. The standard InChI is InChI=1S/C23H23N3O2/c1-5-26(20-10-8-18(9-11-20)22-13-24-14-27-22)21-12-19(7-6-15(21)2)23-16(3)25-28-17(23)4/h6-14H,5H2,1-4H3. The summed E-state index contributed by atoms with van der Waals surface area (Å²) in [6, 6.07) is 14.9. The molecule has 0 saturated carbocycles. The fourth-order valence-electron chi connectivity index (χ4n) is 3.61. The molecule has 0 amide bonds. The van der Waals surface area contributed by atoms with Gasteiger partial charge in [0.25, 0.3) is 0 Å². The zero-order chi connectivity index (χ0) is 19.7. The van der Waals surface area contributed by atoms with Gasteiger partial charge in [-0.05, 0) is 69.2 Å². The second kappa shape index (κ2) is 7.35. The molecule has 2 aromatic carbocycles. The number of oxazole rings is 1. The number of aryl methyl sites for hydroxylation is 3. The molecular formula is C23H23N3O2. The lowest BCUT2D eigenvalue weighted by molar-refractivity contribution is 0.393. The van der Waals surface area contributed by atoms with Crippen LogP contribution in [-0.4, -0.2) is 16.7 Å². The van der Waals surface area contributed by atoms with Crippen LogP contribution in [0.4, 0.5) is 11.4 Å². The molecule has 0 atom stereocenters. The van der Waals surface area contributed by atoms with Crippen molar-refractivity contribution >= 4 is 11.4 Å². The van der Waals surface area contributed by atoms with E-state index in [1.165, 1.54) is 17.6 Å². The molecule has 0 saturated heterocycles. The molecule has 5 heteroatoms. The SMILES string of the molecule is CCN(c1ccc(-c2cnco2)cc1)c1cc(-c2c(C)noc2C)ccc1C. The summed E-state index contributed by atoms with van der Waals surface area (Å²) in [7, 11) is 0. The van der Waals surface area contributed by atoms with Gasteiger partial charge in [0, 0.05) is 29.0 Å². The van der Waals surface area contributed by atoms with Crippen molar-refractivity contribution in [3.8, 4) is 22.5 Å². The summed E-state index contributed by atoms with van der Waals surface area (Å²) >= 11 is 0. The van der Waals surface area contributed by atoms with E-state index >= 15 is 0 Å². The quantitative estimate of drug-likeness (QED) is 0.424. The molecule has 142 valence electrons. The van der Waals surface area contributed by atoms with Crippen LogP contribution in [0.2, 0.25) is 0 Å². The molecule has 0 bridgehead atoms. The fraction of sp³-hybridized carbons (Fsp3) is 0.217. The van der Waals surface area contributed by atoms with Gasteiger partial charge in [-0.25, -0.2) is 4.98 Å². The van der Waals surface area contributed by atoms with E-state index in [1.54, 1.807) is 6.20 Å². The predicted octanol–water partition coefficient (Wildman–Crippen LogP) is 6.08. The lowest BCUT2D eigenvalue weighted by Gasteiger charge is -2.26. The zero-order valence-corrected chi connectivity index (χ0v) is 16.6. The summed E-state index contributed by atoms with van der Waals surface area (Å²) in [5.41, 5.74) is 7.63. The van der Waals surface area contributed by atoms with E-state index in [9.17, 15) is 0 Å². The van der Waals surface area contributed by atoms with Gasteiger partial charge < -0.3 is 13.8 Å². The Labute approximate surface area is 164 Å². The molecule has 2 heterocycles. The van der Waals surface area contributed by atoms with Gasteiger partial charge in [-0.1, -0.05) is 17.3 Å². The maximum absolute atomic E-state index is 5.39. The zero-order valence-electron chi connectivity index (χ0n) is 16.6. The second-order valence-electron chi connectivity index (χ2n) is 6.86. The Morgan fingerprint density at radius 1 is 0.964 bits per heavy atom. The third-order valence-electron chi connectivity index (χ3n) is 5.03. The molecule has 0 aliphatic heterocycles. The Morgan fingerprint density at radius 2 is 1.71 bits per heavy atom. The van der Waals surface area contributed by atoms with Gasteiger partial charge in [0.1, 0.15) is 5.76 Å². The van der Waals surface area contributed by atoms with Gasteiger partial charge in [0.15, 0.2) is 12.2 Å². The summed E-state index contributed by atoms with van der Waals surface area (Å²) in [6.07, 6.45) is 3.18. The Kier molecular flexibility index (Phi) is 4.74. The van der Waals surface area contributed by atoms with Gasteiger partial charge in [-0.2, -0.15) is 0 Å². The van der Waals surface area contributed by atoms with Crippen molar-refractivity contribution in [1.82, 2.24) is 10.1 Å². The Balaban J connectivity index is 1.73. The topological polar surface area (TPSA) is 55.3 Å². The van der Waals surface area contributed by atoms with E-state index in [-0.39, 0.29) is 0 Å². The van der Waals surface area contributed by atoms with E-state index in [0.29, 0.717) is 0 Å². The van der Waals surface area contributed by atoms with Crippen LogP contribution in [0, 0.1) is 20.8 Å². The Morgan fingerprint density at radius 3 is 2.32 bits per heavy atom. The molecule has 4 aromatic rings. The lowest BCUT2D eigenvalue weighted by atomic mass is 10.0. The van der Waals surface area contributed by atoms with Crippen LogP contribution >= 0.6 is 0 Å². The number of hydrogen-bond acceptors (Lipinski definition) is 5. The molecule has 0 radical (unpaired) electrons. The van der Waals surface area contributed by atoms with Gasteiger partial charge in [-0.15, -0.1) is 0 Å². The molecule has 0 fully saturated rings. The molecular weight excluding hydrogens is 350 g/mol. The van der Waals surface area contributed by atoms with Crippen LogP contribution in [0.3, 0.4) is 0 Å². The molecule has 0 spiro atoms. The van der Waals surface area contributed by atoms with Crippen molar-refractivity contribution in [3.63, 3.8) is 0 Å². The smallest absolute Gasteiger partial charge is 0.181 e. The van der Waals surface area contributed by atoms with Crippen molar-refractivity contribution in [1.29, 1.82) is 0 Å². The first kappa shape index (κ1) is 18.0. The molecule has 0 aliphatic carbocycles. The van der Waals surface area contributed by atoms with Crippen LogP contribution in [0.25, 0.3) is 22.5 Å². The number of anilines is 2. The first-order valence-corrected chi connectivity index (χ1v) is 9.39. The largest absolute Gasteiger partial charge is 0.444 e. The molecule has 0 N–H and O–H groups in total. The highest BCUT2D eigenvalue weighted by Crippen LogP contribution is 2.35. The van der Waals surface area contributed by atoms with E-state index in [0.717, 1.165) is 46.1 Å². The van der Waals surface area contributed by atoms with Crippen LogP contribution in [0.5, 0.6) is 0 Å². The first-order chi connectivity index (χ1) is 13.6. The van der Waals surface area contributed by atoms with Crippen LogP contribution in [-0.2, 0) is 0 Å². The Hall–Kier alpha value is -3.34. The maximum atomic E-state index is 5.39. The third kappa shape index (κ3) is 3.20. The van der Waals surface area contributed by atoms with E-state index in [2.05, 4.69) is 71.4 Å². The number of nitrogens with zero attached hydrogens (tertiary/aromatic N) is 3. The summed E-state index contributed by atoms with van der Waals surface area (Å²) < 4.78 is 10.8. The molecule has 5 nitrogen and oxygen atoms in total. The van der Waals surface area contributed by atoms with Gasteiger partial charge >= 0.3 is 0 Å².